The molecule has 362 valence electrons. The van der Waals surface area contributed by atoms with Crippen molar-refractivity contribution >= 4 is 45.6 Å². The van der Waals surface area contributed by atoms with Gasteiger partial charge in [0.25, 0.3) is 11.5 Å². The highest BCUT2D eigenvalue weighted by molar-refractivity contribution is 7.20. The lowest BCUT2D eigenvalue weighted by atomic mass is 9.12. The number of Topliss-reactive ketones (excluding diaryl/α,β-unsaturated/α-hetero) is 1. The van der Waals surface area contributed by atoms with Crippen LogP contribution in [0.15, 0.2) is 85.3 Å². The van der Waals surface area contributed by atoms with Gasteiger partial charge in [-0.15, -0.1) is 21.9 Å². The van der Waals surface area contributed by atoms with E-state index in [1.807, 2.05) is 48.5 Å². The van der Waals surface area contributed by atoms with Crippen LogP contribution in [0, 0.1) is 116 Å². The molecule has 0 atom stereocenters. The van der Waals surface area contributed by atoms with Crippen molar-refractivity contribution in [1.82, 2.24) is 4.98 Å². The molecule has 0 aliphatic heterocycles. The first kappa shape index (κ1) is 51.5. The molecule has 6 aromatic carbocycles. The number of hydrogen-bond donors (Lipinski definition) is 0. The number of rotatable bonds is 10. The lowest BCUT2D eigenvalue weighted by Crippen LogP contribution is -2.81. The number of carbonyl (C=O) groups excluding carboxylic acids is 2. The molecular weight excluding hydrogens is 991 g/mol. The summed E-state index contributed by atoms with van der Waals surface area (Å²) in [5, 5.41) is 0. The van der Waals surface area contributed by atoms with E-state index in [4.69, 9.17) is 0 Å². The summed E-state index contributed by atoms with van der Waals surface area (Å²) < 4.78 is 296. The van der Waals surface area contributed by atoms with E-state index in [0.29, 0.717) is 11.3 Å². The van der Waals surface area contributed by atoms with Gasteiger partial charge < -0.3 is 0 Å². The van der Waals surface area contributed by atoms with Gasteiger partial charge in [-0.05, 0) is 11.6 Å². The SMILES string of the molecule is Fc1c(F)c(F)c([B-](c2c(F)c(F)c(F)c(F)c2F)(c2c(F)c(F)c(F)c(F)c2F)c2c(F)c(F)c(F)c(F)c2F)c(F)c1F.O=C(C[n+]1ccncc1C(=O)C=Cc1ccccc1)c1ccccc1. The minimum atomic E-state index is -7.22. The highest BCUT2D eigenvalue weighted by Gasteiger charge is 2.52. The Morgan fingerprint density at radius 1 is 0.429 bits per heavy atom. The monoisotopic (exact) mass is 1010 g/mol. The molecular formula is C45H17BF20N2O2. The van der Waals surface area contributed by atoms with Crippen molar-refractivity contribution in [3.8, 4) is 0 Å². The normalized spacial score (nSPS) is 11.5. The van der Waals surface area contributed by atoms with Gasteiger partial charge in [0.15, 0.2) is 76.0 Å². The van der Waals surface area contributed by atoms with Gasteiger partial charge in [0.1, 0.15) is 58.9 Å². The summed E-state index contributed by atoms with van der Waals surface area (Å²) in [5.41, 5.74) is -12.4. The van der Waals surface area contributed by atoms with Crippen molar-refractivity contribution < 1.29 is 102 Å². The molecule has 0 saturated carbocycles. The molecule has 0 spiro atoms. The van der Waals surface area contributed by atoms with Crippen LogP contribution in [0.4, 0.5) is 87.8 Å². The second kappa shape index (κ2) is 20.0. The van der Waals surface area contributed by atoms with Gasteiger partial charge in [0, 0.05) is 5.56 Å². The number of allylic oxidation sites excluding steroid dienone is 1. The fourth-order valence-electron chi connectivity index (χ4n) is 7.30. The Kier molecular flexibility index (Phi) is 14.7. The zero-order chi connectivity index (χ0) is 51.8. The van der Waals surface area contributed by atoms with Crippen molar-refractivity contribution in [2.75, 3.05) is 0 Å². The number of carbonyl (C=O) groups is 2. The zero-order valence-corrected chi connectivity index (χ0v) is 33.7. The summed E-state index contributed by atoms with van der Waals surface area (Å²) in [6.07, 6.45) is 0.718. The summed E-state index contributed by atoms with van der Waals surface area (Å²) in [6.45, 7) is 0.0901. The molecule has 0 aliphatic rings. The van der Waals surface area contributed by atoms with E-state index in [2.05, 4.69) is 4.98 Å². The summed E-state index contributed by atoms with van der Waals surface area (Å²) in [4.78, 5) is 28.9. The van der Waals surface area contributed by atoms with Gasteiger partial charge >= 0.3 is 0 Å². The number of halogens is 20. The highest BCUT2D eigenvalue weighted by atomic mass is 19.2. The zero-order valence-electron chi connectivity index (χ0n) is 33.7. The van der Waals surface area contributed by atoms with Crippen molar-refractivity contribution in [2.24, 2.45) is 0 Å². The molecule has 1 heterocycles. The van der Waals surface area contributed by atoms with Gasteiger partial charge in [-0.1, -0.05) is 66.7 Å². The first-order valence-electron chi connectivity index (χ1n) is 18.9. The highest BCUT2D eigenvalue weighted by Crippen LogP contribution is 2.31. The van der Waals surface area contributed by atoms with Crippen LogP contribution in [0.5, 0.6) is 0 Å². The maximum atomic E-state index is 15.4. The number of aromatic nitrogens is 2. The van der Waals surface area contributed by atoms with Gasteiger partial charge in [0.05, 0.1) is 6.20 Å². The minimum Gasteiger partial charge on any atom is -0.287 e. The molecule has 0 unspecified atom stereocenters. The quantitative estimate of drug-likeness (QED) is 0.0262. The van der Waals surface area contributed by atoms with E-state index < -0.39 is 144 Å². The predicted octanol–water partition coefficient (Wildman–Crippen LogP) is 8.99. The summed E-state index contributed by atoms with van der Waals surface area (Å²) >= 11 is 0. The maximum Gasteiger partial charge on any atom is 0.271 e. The van der Waals surface area contributed by atoms with E-state index in [0.717, 1.165) is 5.56 Å². The van der Waals surface area contributed by atoms with Crippen LogP contribution in [0.3, 0.4) is 0 Å². The Morgan fingerprint density at radius 3 is 1.06 bits per heavy atom. The largest absolute Gasteiger partial charge is 0.287 e. The molecule has 0 amide bonds. The number of nitrogens with zero attached hydrogens (tertiary/aromatic N) is 2. The Bertz CT molecular complexity index is 2900. The molecule has 7 aromatic rings. The van der Waals surface area contributed by atoms with Crippen molar-refractivity contribution in [1.29, 1.82) is 0 Å². The molecule has 0 bridgehead atoms. The van der Waals surface area contributed by atoms with E-state index in [1.54, 1.807) is 35.2 Å². The number of benzene rings is 6. The van der Waals surface area contributed by atoms with E-state index in [-0.39, 0.29) is 18.1 Å². The second-order valence-corrected chi connectivity index (χ2v) is 14.3. The van der Waals surface area contributed by atoms with Crippen molar-refractivity contribution in [3.05, 3.63) is 218 Å². The molecule has 1 aromatic heterocycles. The first-order valence-corrected chi connectivity index (χ1v) is 18.9. The smallest absolute Gasteiger partial charge is 0.271 e. The Balaban J connectivity index is 0.000000270. The summed E-state index contributed by atoms with van der Waals surface area (Å²) in [5.74, 6) is -71.7. The number of ketones is 2. The van der Waals surface area contributed by atoms with Crippen molar-refractivity contribution in [3.63, 3.8) is 0 Å². The fourth-order valence-corrected chi connectivity index (χ4v) is 7.30. The van der Waals surface area contributed by atoms with Crippen LogP contribution < -0.4 is 26.4 Å². The third-order valence-corrected chi connectivity index (χ3v) is 10.4. The fraction of sp³-hybridized carbons (Fsp3) is 0.0222. The molecule has 0 aliphatic carbocycles. The van der Waals surface area contributed by atoms with E-state index in [1.165, 1.54) is 12.3 Å². The Labute approximate surface area is 377 Å². The molecule has 0 fully saturated rings. The standard InChI is InChI=1S/C24BF20.C21H17N2O2/c26-5-1(6(27)14(35)21(42)13(5)34)25(2-7(28)15(36)22(43)16(37)8(2)29,3-9(30)17(38)23(44)18(39)10(3)31)4-11(32)19(40)24(45)20(41)12(4)33;24-20(12-11-17-7-3-1-4-8-17)19-15-22-13-14-23(19)16-21(25)18-9-5-2-6-10-18/h;1-15H,16H2/q-1;+1. The third kappa shape index (κ3) is 8.63. The van der Waals surface area contributed by atoms with Crippen LogP contribution in [0.25, 0.3) is 6.08 Å². The lowest BCUT2D eigenvalue weighted by molar-refractivity contribution is -0.685. The minimum absolute atomic E-state index is 0.0575. The molecule has 0 N–H and O–H groups in total. The van der Waals surface area contributed by atoms with Gasteiger partial charge in [-0.3, -0.25) is 14.6 Å². The molecule has 7 rings (SSSR count). The van der Waals surface area contributed by atoms with E-state index >= 15 is 35.1 Å². The van der Waals surface area contributed by atoms with Gasteiger partial charge in [-0.2, -0.15) is 4.57 Å². The van der Waals surface area contributed by atoms with Crippen LogP contribution in [0.1, 0.15) is 26.4 Å². The van der Waals surface area contributed by atoms with Crippen LogP contribution >= 0.6 is 0 Å². The molecule has 0 radical (unpaired) electrons. The van der Waals surface area contributed by atoms with Crippen LogP contribution in [0.2, 0.25) is 0 Å². The molecule has 0 saturated heterocycles. The molecule has 25 heteroatoms. The Morgan fingerprint density at radius 2 is 0.729 bits per heavy atom. The summed E-state index contributed by atoms with van der Waals surface area (Å²) in [7, 11) is 0. The topological polar surface area (TPSA) is 50.9 Å². The average Bonchev–Trinajstić information content (AvgIpc) is 3.36. The lowest BCUT2D eigenvalue weighted by Gasteiger charge is -2.44. The number of hydrogen-bond acceptors (Lipinski definition) is 3. The second-order valence-electron chi connectivity index (χ2n) is 14.3. The summed E-state index contributed by atoms with van der Waals surface area (Å²) in [6, 6.07) is 18.6. The average molecular weight is 1010 g/mol. The molecule has 4 nitrogen and oxygen atoms in total. The predicted molar refractivity (Wildman–Crippen MR) is 204 cm³/mol. The van der Waals surface area contributed by atoms with Gasteiger partial charge in [-0.25, -0.2) is 87.8 Å². The third-order valence-electron chi connectivity index (χ3n) is 10.4. The first-order chi connectivity index (χ1) is 32.9. The van der Waals surface area contributed by atoms with Gasteiger partial charge in [0.2, 0.25) is 12.3 Å². The van der Waals surface area contributed by atoms with E-state index in [9.17, 15) is 62.3 Å². The van der Waals surface area contributed by atoms with Crippen LogP contribution in [-0.2, 0) is 6.54 Å². The molecule has 70 heavy (non-hydrogen) atoms. The maximum absolute atomic E-state index is 15.4. The Hall–Kier alpha value is -7.86. The van der Waals surface area contributed by atoms with Crippen LogP contribution in [-0.4, -0.2) is 22.7 Å². The van der Waals surface area contributed by atoms with Crippen molar-refractivity contribution in [2.45, 2.75) is 6.54 Å².